The largest absolute Gasteiger partial charge is 0.469 e. The molecule has 1 aliphatic rings. The minimum Gasteiger partial charge on any atom is -0.469 e. The van der Waals surface area contributed by atoms with Crippen molar-refractivity contribution in [1.29, 1.82) is 0 Å². The smallest absolute Gasteiger partial charge is 0.328 e. The molecule has 0 fully saturated rings. The number of hydrogen-bond acceptors (Lipinski definition) is 8. The molecular formula is C20H19N3O5S. The lowest BCUT2D eigenvalue weighted by atomic mass is 9.94. The Morgan fingerprint density at radius 2 is 2.03 bits per heavy atom. The SMILES string of the molecule is COC(=O)[C@H]1Cc2ccccc2CN1C(=O)CSc1nnc(-c2ccoc2C)o1. The number of methoxy groups -OCH3 is 1. The second kappa shape index (κ2) is 8.12. The van der Waals surface area contributed by atoms with Crippen molar-refractivity contribution in [2.45, 2.75) is 31.2 Å². The molecule has 9 heteroatoms. The first-order valence-corrected chi connectivity index (χ1v) is 10.00. The summed E-state index contributed by atoms with van der Waals surface area (Å²) in [6.45, 7) is 2.16. The van der Waals surface area contributed by atoms with Gasteiger partial charge in [-0.3, -0.25) is 4.79 Å². The van der Waals surface area contributed by atoms with Gasteiger partial charge in [-0.2, -0.15) is 0 Å². The van der Waals surface area contributed by atoms with E-state index in [4.69, 9.17) is 13.6 Å². The van der Waals surface area contributed by atoms with E-state index in [9.17, 15) is 9.59 Å². The van der Waals surface area contributed by atoms with E-state index >= 15 is 0 Å². The van der Waals surface area contributed by atoms with Gasteiger partial charge in [0.05, 0.1) is 24.7 Å². The number of carbonyl (C=O) groups excluding carboxylic acids is 2. The van der Waals surface area contributed by atoms with Crippen LogP contribution in [0, 0.1) is 6.92 Å². The summed E-state index contributed by atoms with van der Waals surface area (Å²) in [5, 5.41) is 8.26. The number of furan rings is 1. The van der Waals surface area contributed by atoms with Crippen LogP contribution >= 0.6 is 11.8 Å². The number of nitrogens with zero attached hydrogens (tertiary/aromatic N) is 3. The number of hydrogen-bond donors (Lipinski definition) is 0. The van der Waals surface area contributed by atoms with Crippen LogP contribution in [0.4, 0.5) is 0 Å². The van der Waals surface area contributed by atoms with Gasteiger partial charge in [-0.05, 0) is 24.1 Å². The molecular weight excluding hydrogens is 394 g/mol. The number of benzene rings is 1. The van der Waals surface area contributed by atoms with Crippen LogP contribution in [-0.4, -0.2) is 45.9 Å². The Bertz CT molecular complexity index is 1040. The van der Waals surface area contributed by atoms with Crippen molar-refractivity contribution in [3.63, 3.8) is 0 Å². The van der Waals surface area contributed by atoms with Crippen molar-refractivity contribution in [1.82, 2.24) is 15.1 Å². The molecule has 4 rings (SSSR count). The first-order valence-electron chi connectivity index (χ1n) is 9.01. The van der Waals surface area contributed by atoms with Crippen molar-refractivity contribution in [3.8, 4) is 11.5 Å². The van der Waals surface area contributed by atoms with Crippen LogP contribution in [0.1, 0.15) is 16.9 Å². The second-order valence-electron chi connectivity index (χ2n) is 6.59. The van der Waals surface area contributed by atoms with E-state index in [0.717, 1.165) is 22.9 Å². The van der Waals surface area contributed by atoms with Crippen LogP contribution in [0.2, 0.25) is 0 Å². The summed E-state index contributed by atoms with van der Waals surface area (Å²) in [5.41, 5.74) is 2.80. The topological polar surface area (TPSA) is 98.7 Å². The highest BCUT2D eigenvalue weighted by Gasteiger charge is 2.35. The van der Waals surface area contributed by atoms with Crippen LogP contribution < -0.4 is 0 Å². The minimum absolute atomic E-state index is 0.0711. The number of ether oxygens (including phenoxy) is 1. The molecule has 1 amide bonds. The summed E-state index contributed by atoms with van der Waals surface area (Å²) in [6.07, 6.45) is 1.98. The highest BCUT2D eigenvalue weighted by Crippen LogP contribution is 2.28. The molecule has 29 heavy (non-hydrogen) atoms. The van der Waals surface area contributed by atoms with Crippen molar-refractivity contribution in [3.05, 3.63) is 53.5 Å². The van der Waals surface area contributed by atoms with Crippen LogP contribution in [0.5, 0.6) is 0 Å². The number of aromatic nitrogens is 2. The molecule has 1 aliphatic heterocycles. The van der Waals surface area contributed by atoms with Gasteiger partial charge in [-0.15, -0.1) is 10.2 Å². The van der Waals surface area contributed by atoms with Crippen LogP contribution in [0.15, 0.2) is 50.7 Å². The van der Waals surface area contributed by atoms with Gasteiger partial charge in [0.15, 0.2) is 0 Å². The quantitative estimate of drug-likeness (QED) is 0.465. The number of carbonyl (C=O) groups is 2. The van der Waals surface area contributed by atoms with Gasteiger partial charge in [-0.25, -0.2) is 4.79 Å². The van der Waals surface area contributed by atoms with E-state index in [1.54, 1.807) is 24.2 Å². The molecule has 0 unspecified atom stereocenters. The van der Waals surface area contributed by atoms with Crippen LogP contribution in [-0.2, 0) is 27.3 Å². The van der Waals surface area contributed by atoms with Crippen molar-refractivity contribution >= 4 is 23.6 Å². The lowest BCUT2D eigenvalue weighted by molar-refractivity contribution is -0.153. The van der Waals surface area contributed by atoms with Crippen molar-refractivity contribution in [2.24, 2.45) is 0 Å². The van der Waals surface area contributed by atoms with E-state index in [-0.39, 0.29) is 16.9 Å². The van der Waals surface area contributed by atoms with Gasteiger partial charge in [0.25, 0.3) is 11.1 Å². The molecule has 2 aromatic heterocycles. The molecule has 3 heterocycles. The van der Waals surface area contributed by atoms with Gasteiger partial charge in [0, 0.05) is 13.0 Å². The Balaban J connectivity index is 1.46. The van der Waals surface area contributed by atoms with E-state index in [2.05, 4.69) is 10.2 Å². The van der Waals surface area contributed by atoms with Gasteiger partial charge in [0.1, 0.15) is 11.8 Å². The van der Waals surface area contributed by atoms with Gasteiger partial charge >= 0.3 is 5.97 Å². The molecule has 150 valence electrons. The Morgan fingerprint density at radius 1 is 1.24 bits per heavy atom. The number of thioether (sulfide) groups is 1. The number of amides is 1. The van der Waals surface area contributed by atoms with Gasteiger partial charge in [0.2, 0.25) is 5.91 Å². The summed E-state index contributed by atoms with van der Waals surface area (Å²) in [7, 11) is 1.33. The maximum absolute atomic E-state index is 12.9. The molecule has 0 radical (unpaired) electrons. The third-order valence-electron chi connectivity index (χ3n) is 4.86. The Morgan fingerprint density at radius 3 is 2.76 bits per heavy atom. The second-order valence-corrected chi connectivity index (χ2v) is 7.51. The fourth-order valence-corrected chi connectivity index (χ4v) is 3.97. The van der Waals surface area contributed by atoms with Crippen molar-refractivity contribution in [2.75, 3.05) is 12.9 Å². The zero-order valence-electron chi connectivity index (χ0n) is 16.0. The molecule has 0 saturated heterocycles. The van der Waals surface area contributed by atoms with Crippen LogP contribution in [0.25, 0.3) is 11.5 Å². The maximum atomic E-state index is 12.9. The number of fused-ring (bicyclic) bond motifs is 1. The standard InChI is InChI=1S/C20H19N3O5S/c1-12-15(7-8-27-12)18-21-22-20(28-18)29-11-17(24)23-10-14-6-4-3-5-13(14)9-16(23)19(25)26-2/h3-8,16H,9-11H2,1-2H3/t16-/m1/s1. The van der Waals surface area contributed by atoms with E-state index in [1.807, 2.05) is 24.3 Å². The average Bonchev–Trinajstić information content (AvgIpc) is 3.39. The number of aryl methyl sites for hydroxylation is 1. The highest BCUT2D eigenvalue weighted by molar-refractivity contribution is 7.99. The molecule has 0 spiro atoms. The van der Waals surface area contributed by atoms with E-state index in [0.29, 0.717) is 30.2 Å². The fourth-order valence-electron chi connectivity index (χ4n) is 3.32. The first kappa shape index (κ1) is 19.3. The molecule has 3 aromatic rings. The molecule has 0 aliphatic carbocycles. The summed E-state index contributed by atoms with van der Waals surface area (Å²) in [5.74, 6) is 0.467. The van der Waals surface area contributed by atoms with E-state index in [1.165, 1.54) is 7.11 Å². The summed E-state index contributed by atoms with van der Waals surface area (Å²) < 4.78 is 15.8. The lowest BCUT2D eigenvalue weighted by Gasteiger charge is -2.35. The normalized spacial score (nSPS) is 15.8. The van der Waals surface area contributed by atoms with Crippen molar-refractivity contribution < 1.29 is 23.2 Å². The predicted molar refractivity (Wildman–Crippen MR) is 104 cm³/mol. The third kappa shape index (κ3) is 3.91. The van der Waals surface area contributed by atoms with Crippen LogP contribution in [0.3, 0.4) is 0 Å². The maximum Gasteiger partial charge on any atom is 0.328 e. The third-order valence-corrected chi connectivity index (χ3v) is 5.66. The Kier molecular flexibility index (Phi) is 5.39. The minimum atomic E-state index is -0.644. The summed E-state index contributed by atoms with van der Waals surface area (Å²) in [4.78, 5) is 26.7. The van der Waals surface area contributed by atoms with E-state index < -0.39 is 12.0 Å². The Labute approximate surface area is 171 Å². The first-order chi connectivity index (χ1) is 14.1. The molecule has 1 atom stereocenters. The fraction of sp³-hybridized carbons (Fsp3) is 0.300. The Hall–Kier alpha value is -3.07. The zero-order chi connectivity index (χ0) is 20.4. The average molecular weight is 413 g/mol. The molecule has 0 bridgehead atoms. The number of esters is 1. The zero-order valence-corrected chi connectivity index (χ0v) is 16.8. The predicted octanol–water partition coefficient (Wildman–Crippen LogP) is 2.86. The highest BCUT2D eigenvalue weighted by atomic mass is 32.2. The summed E-state index contributed by atoms with van der Waals surface area (Å²) >= 11 is 1.13. The summed E-state index contributed by atoms with van der Waals surface area (Å²) in [6, 6.07) is 8.89. The molecule has 8 nitrogen and oxygen atoms in total. The molecule has 0 saturated carbocycles. The number of rotatable bonds is 5. The molecule has 1 aromatic carbocycles. The van der Waals surface area contributed by atoms with Gasteiger partial charge in [-0.1, -0.05) is 36.0 Å². The lowest BCUT2D eigenvalue weighted by Crippen LogP contribution is -2.49. The monoisotopic (exact) mass is 413 g/mol. The van der Waals surface area contributed by atoms with Gasteiger partial charge < -0.3 is 18.5 Å². The molecule has 0 N–H and O–H groups in total.